The Morgan fingerprint density at radius 3 is 2.63 bits per heavy atom. The second kappa shape index (κ2) is 8.23. The number of fused-ring (bicyclic) bond motifs is 1. The second-order valence-corrected chi connectivity index (χ2v) is 7.85. The first-order chi connectivity index (χ1) is 14.4. The first kappa shape index (κ1) is 20.0. The number of hydrogen-bond donors (Lipinski definition) is 2. The summed E-state index contributed by atoms with van der Waals surface area (Å²) in [4.78, 5) is 42.9. The van der Waals surface area contributed by atoms with Crippen LogP contribution in [0.5, 0.6) is 0 Å². The van der Waals surface area contributed by atoms with Gasteiger partial charge >= 0.3 is 0 Å². The number of nitrogens with zero attached hydrogens (tertiary/aromatic N) is 4. The summed E-state index contributed by atoms with van der Waals surface area (Å²) in [6, 6.07) is 12.3. The van der Waals surface area contributed by atoms with Crippen LogP contribution in [0.15, 0.2) is 47.1 Å². The predicted molar refractivity (Wildman–Crippen MR) is 114 cm³/mol. The van der Waals surface area contributed by atoms with Crippen LogP contribution in [0.3, 0.4) is 0 Å². The van der Waals surface area contributed by atoms with Crippen molar-refractivity contribution in [2.24, 2.45) is 5.73 Å². The molecule has 1 aromatic carbocycles. The Kier molecular flexibility index (Phi) is 5.49. The molecule has 1 aliphatic rings. The standard InChI is InChI=1S/C20H19BrN6O3/c21-15-6-3-7-16(23-15)24-17(28)10-26(12-8-9-12)18(29)11-27-14-5-2-1-4-13(14)19(25-27)20(22)30/h1-7,12H,8-11H2,(H2,22,30)(H,23,24,28). The van der Waals surface area contributed by atoms with Gasteiger partial charge in [-0.05, 0) is 47.0 Å². The van der Waals surface area contributed by atoms with Gasteiger partial charge in [0.25, 0.3) is 5.91 Å². The molecule has 10 heteroatoms. The van der Waals surface area contributed by atoms with Gasteiger partial charge < -0.3 is 16.0 Å². The number of halogens is 1. The van der Waals surface area contributed by atoms with Crippen LogP contribution in [-0.4, -0.2) is 50.0 Å². The number of nitrogens with one attached hydrogen (secondary N) is 1. The number of anilines is 1. The number of carbonyl (C=O) groups excluding carboxylic acids is 3. The van der Waals surface area contributed by atoms with Crippen LogP contribution < -0.4 is 11.1 Å². The molecule has 1 aliphatic carbocycles. The molecule has 0 unspecified atom stereocenters. The van der Waals surface area contributed by atoms with Crippen molar-refractivity contribution in [3.05, 3.63) is 52.8 Å². The molecular formula is C20H19BrN6O3. The number of benzene rings is 1. The fourth-order valence-electron chi connectivity index (χ4n) is 3.27. The Morgan fingerprint density at radius 2 is 1.93 bits per heavy atom. The van der Waals surface area contributed by atoms with Gasteiger partial charge in [-0.15, -0.1) is 0 Å². The number of aromatic nitrogens is 3. The maximum absolute atomic E-state index is 13.0. The van der Waals surface area contributed by atoms with E-state index < -0.39 is 5.91 Å². The van der Waals surface area contributed by atoms with Gasteiger partial charge in [-0.25, -0.2) is 4.98 Å². The zero-order valence-corrected chi connectivity index (χ0v) is 17.5. The third-order valence-electron chi connectivity index (χ3n) is 4.78. The predicted octanol–water partition coefficient (Wildman–Crippen LogP) is 1.92. The molecule has 2 heterocycles. The monoisotopic (exact) mass is 470 g/mol. The Morgan fingerprint density at radius 1 is 1.17 bits per heavy atom. The van der Waals surface area contributed by atoms with Crippen molar-refractivity contribution in [2.45, 2.75) is 25.4 Å². The van der Waals surface area contributed by atoms with Crippen LogP contribution in [-0.2, 0) is 16.1 Å². The minimum atomic E-state index is -0.655. The van der Waals surface area contributed by atoms with Crippen molar-refractivity contribution >= 4 is 50.4 Å². The Bertz CT molecular complexity index is 1140. The Hall–Kier alpha value is -3.27. The molecule has 30 heavy (non-hydrogen) atoms. The molecule has 1 saturated carbocycles. The van der Waals surface area contributed by atoms with Crippen molar-refractivity contribution < 1.29 is 14.4 Å². The number of amides is 3. The van der Waals surface area contributed by atoms with Crippen molar-refractivity contribution in [1.29, 1.82) is 0 Å². The number of carbonyl (C=O) groups is 3. The summed E-state index contributed by atoms with van der Waals surface area (Å²) in [6.07, 6.45) is 1.70. The molecule has 154 valence electrons. The van der Waals surface area contributed by atoms with Gasteiger partial charge in [-0.1, -0.05) is 24.3 Å². The van der Waals surface area contributed by atoms with Crippen molar-refractivity contribution in [3.63, 3.8) is 0 Å². The summed E-state index contributed by atoms with van der Waals surface area (Å²) < 4.78 is 2.06. The molecule has 2 aromatic heterocycles. The van der Waals surface area contributed by atoms with E-state index in [1.54, 1.807) is 47.4 Å². The number of pyridine rings is 1. The molecule has 0 aliphatic heterocycles. The smallest absolute Gasteiger partial charge is 0.269 e. The molecular weight excluding hydrogens is 452 g/mol. The van der Waals surface area contributed by atoms with E-state index in [0.29, 0.717) is 21.3 Å². The normalized spacial score (nSPS) is 13.2. The zero-order chi connectivity index (χ0) is 21.3. The minimum Gasteiger partial charge on any atom is -0.364 e. The van der Waals surface area contributed by atoms with Gasteiger partial charge in [0.05, 0.1) is 5.52 Å². The third kappa shape index (κ3) is 4.33. The lowest BCUT2D eigenvalue weighted by molar-refractivity contribution is -0.135. The number of hydrogen-bond acceptors (Lipinski definition) is 5. The van der Waals surface area contributed by atoms with Gasteiger partial charge in [-0.3, -0.25) is 19.1 Å². The Labute approximate surface area is 180 Å². The summed E-state index contributed by atoms with van der Waals surface area (Å²) in [5.74, 6) is -0.831. The minimum absolute atomic E-state index is 0.0242. The van der Waals surface area contributed by atoms with Crippen LogP contribution >= 0.6 is 15.9 Å². The summed E-state index contributed by atoms with van der Waals surface area (Å²) in [6.45, 7) is -0.174. The van der Waals surface area contributed by atoms with Gasteiger partial charge in [0.1, 0.15) is 23.5 Å². The molecule has 1 fully saturated rings. The molecule has 3 amide bonds. The number of rotatable bonds is 7. The van der Waals surface area contributed by atoms with E-state index in [4.69, 9.17) is 5.73 Å². The van der Waals surface area contributed by atoms with Crippen LogP contribution in [0, 0.1) is 0 Å². The molecule has 3 aromatic rings. The van der Waals surface area contributed by atoms with Crippen LogP contribution in [0.4, 0.5) is 5.82 Å². The topological polar surface area (TPSA) is 123 Å². The number of nitrogens with two attached hydrogens (primary N) is 1. The second-order valence-electron chi connectivity index (χ2n) is 7.03. The molecule has 0 bridgehead atoms. The van der Waals surface area contributed by atoms with Crippen LogP contribution in [0.25, 0.3) is 10.9 Å². The van der Waals surface area contributed by atoms with Gasteiger partial charge in [0.2, 0.25) is 11.8 Å². The number of para-hydroxylation sites is 1. The molecule has 3 N–H and O–H groups in total. The lowest BCUT2D eigenvalue weighted by atomic mass is 10.2. The van der Waals surface area contributed by atoms with E-state index >= 15 is 0 Å². The van der Waals surface area contributed by atoms with Gasteiger partial charge in [0, 0.05) is 11.4 Å². The highest BCUT2D eigenvalue weighted by Crippen LogP contribution is 2.27. The van der Waals surface area contributed by atoms with E-state index in [0.717, 1.165) is 12.8 Å². The average Bonchev–Trinajstić information content (AvgIpc) is 3.48. The molecule has 4 rings (SSSR count). The lowest BCUT2D eigenvalue weighted by Gasteiger charge is -2.22. The highest BCUT2D eigenvalue weighted by molar-refractivity contribution is 9.10. The van der Waals surface area contributed by atoms with E-state index in [2.05, 4.69) is 31.3 Å². The SMILES string of the molecule is NC(=O)c1nn(CC(=O)N(CC(=O)Nc2cccc(Br)n2)C2CC2)c2ccccc12. The summed E-state index contributed by atoms with van der Waals surface area (Å²) in [7, 11) is 0. The summed E-state index contributed by atoms with van der Waals surface area (Å²) in [5.41, 5.74) is 6.18. The summed E-state index contributed by atoms with van der Waals surface area (Å²) >= 11 is 3.26. The van der Waals surface area contributed by atoms with E-state index in [9.17, 15) is 14.4 Å². The van der Waals surface area contributed by atoms with Crippen LogP contribution in [0.1, 0.15) is 23.3 Å². The Balaban J connectivity index is 1.50. The van der Waals surface area contributed by atoms with Gasteiger partial charge in [0.15, 0.2) is 5.69 Å². The van der Waals surface area contributed by atoms with E-state index in [1.807, 2.05) is 0 Å². The molecule has 9 nitrogen and oxygen atoms in total. The first-order valence-electron chi connectivity index (χ1n) is 9.39. The quantitative estimate of drug-likeness (QED) is 0.510. The molecule has 0 atom stereocenters. The largest absolute Gasteiger partial charge is 0.364 e. The highest BCUT2D eigenvalue weighted by Gasteiger charge is 2.34. The van der Waals surface area contributed by atoms with Crippen LogP contribution in [0.2, 0.25) is 0 Å². The molecule has 0 saturated heterocycles. The third-order valence-corrected chi connectivity index (χ3v) is 5.22. The molecule has 0 spiro atoms. The van der Waals surface area contributed by atoms with Crippen molar-refractivity contribution in [1.82, 2.24) is 19.7 Å². The first-order valence-corrected chi connectivity index (χ1v) is 10.2. The highest BCUT2D eigenvalue weighted by atomic mass is 79.9. The number of primary amides is 1. The zero-order valence-electron chi connectivity index (χ0n) is 15.9. The average molecular weight is 471 g/mol. The van der Waals surface area contributed by atoms with E-state index in [1.165, 1.54) is 4.68 Å². The lowest BCUT2D eigenvalue weighted by Crippen LogP contribution is -2.41. The maximum atomic E-state index is 13.0. The van der Waals surface area contributed by atoms with Gasteiger partial charge in [-0.2, -0.15) is 5.10 Å². The van der Waals surface area contributed by atoms with Crippen molar-refractivity contribution in [3.8, 4) is 0 Å². The maximum Gasteiger partial charge on any atom is 0.269 e. The van der Waals surface area contributed by atoms with Crippen molar-refractivity contribution in [2.75, 3.05) is 11.9 Å². The van der Waals surface area contributed by atoms with E-state index in [-0.39, 0.29) is 36.6 Å². The molecule has 0 radical (unpaired) electrons. The summed E-state index contributed by atoms with van der Waals surface area (Å²) in [5, 5.41) is 7.52. The fourth-order valence-corrected chi connectivity index (χ4v) is 3.61. The fraction of sp³-hybridized carbons (Fsp3) is 0.250.